The molecule has 5 nitrogen and oxygen atoms in total. The van der Waals surface area contributed by atoms with E-state index in [1.807, 2.05) is 24.3 Å². The normalized spacial score (nSPS) is 10.2. The van der Waals surface area contributed by atoms with Gasteiger partial charge < -0.3 is 15.8 Å². The molecule has 2 aromatic rings. The van der Waals surface area contributed by atoms with Crippen molar-refractivity contribution in [3.05, 3.63) is 47.9 Å². The maximum Gasteiger partial charge on any atom is 0.144 e. The van der Waals surface area contributed by atoms with Crippen LogP contribution in [0.4, 0.5) is 5.82 Å². The molecule has 0 spiro atoms. The largest absolute Gasteiger partial charge is 0.496 e. The van der Waals surface area contributed by atoms with Gasteiger partial charge in [-0.25, -0.2) is 9.97 Å². The Morgan fingerprint density at radius 2 is 2.11 bits per heavy atom. The number of anilines is 1. The number of aromatic nitrogens is 2. The lowest BCUT2D eigenvalue weighted by Crippen LogP contribution is -2.10. The quantitative estimate of drug-likeness (QED) is 0.823. The number of hydrogen-bond donors (Lipinski definition) is 2. The highest BCUT2D eigenvalue weighted by molar-refractivity contribution is 5.36. The van der Waals surface area contributed by atoms with E-state index in [1.165, 1.54) is 5.56 Å². The zero-order valence-electron chi connectivity index (χ0n) is 11.0. The van der Waals surface area contributed by atoms with Gasteiger partial charge >= 0.3 is 0 Å². The van der Waals surface area contributed by atoms with Gasteiger partial charge in [0.15, 0.2) is 0 Å². The zero-order valence-corrected chi connectivity index (χ0v) is 11.0. The summed E-state index contributed by atoms with van der Waals surface area (Å²) in [5.41, 5.74) is 6.68. The molecule has 0 aliphatic heterocycles. The zero-order chi connectivity index (χ0) is 13.5. The Balaban J connectivity index is 1.92. The third-order valence-electron chi connectivity index (χ3n) is 2.78. The lowest BCUT2D eigenvalue weighted by atomic mass is 10.1. The molecule has 2 rings (SSSR count). The molecule has 0 fully saturated rings. The molecule has 0 aliphatic rings. The van der Waals surface area contributed by atoms with Crippen molar-refractivity contribution in [1.82, 2.24) is 9.97 Å². The van der Waals surface area contributed by atoms with Crippen LogP contribution in [-0.4, -0.2) is 23.6 Å². The van der Waals surface area contributed by atoms with Gasteiger partial charge in [-0.1, -0.05) is 18.2 Å². The van der Waals surface area contributed by atoms with E-state index >= 15 is 0 Å². The average molecular weight is 258 g/mol. The van der Waals surface area contributed by atoms with E-state index in [0.717, 1.165) is 24.5 Å². The fraction of sp³-hybridized carbons (Fsp3) is 0.286. The van der Waals surface area contributed by atoms with E-state index in [9.17, 15) is 0 Å². The number of nitrogens with zero attached hydrogens (tertiary/aromatic N) is 2. The molecular weight excluding hydrogens is 240 g/mol. The first-order valence-electron chi connectivity index (χ1n) is 6.21. The molecule has 0 saturated carbocycles. The molecule has 0 aliphatic carbocycles. The van der Waals surface area contributed by atoms with Crippen LogP contribution in [-0.2, 0) is 13.0 Å². The monoisotopic (exact) mass is 258 g/mol. The first-order chi connectivity index (χ1) is 9.33. The van der Waals surface area contributed by atoms with E-state index in [0.29, 0.717) is 12.4 Å². The van der Waals surface area contributed by atoms with Crippen LogP contribution in [0.15, 0.2) is 36.5 Å². The molecule has 5 heteroatoms. The van der Waals surface area contributed by atoms with Crippen molar-refractivity contribution in [2.75, 3.05) is 19.0 Å². The number of rotatable bonds is 6. The van der Waals surface area contributed by atoms with E-state index < -0.39 is 0 Å². The summed E-state index contributed by atoms with van der Waals surface area (Å²) in [5.74, 6) is 2.35. The third-order valence-corrected chi connectivity index (χ3v) is 2.78. The Morgan fingerprint density at radius 1 is 1.26 bits per heavy atom. The minimum Gasteiger partial charge on any atom is -0.496 e. The number of benzene rings is 1. The van der Waals surface area contributed by atoms with Crippen LogP contribution in [0.5, 0.6) is 5.75 Å². The number of para-hydroxylation sites is 1. The third kappa shape index (κ3) is 3.66. The summed E-state index contributed by atoms with van der Waals surface area (Å²) >= 11 is 0. The van der Waals surface area contributed by atoms with Crippen molar-refractivity contribution in [3.63, 3.8) is 0 Å². The van der Waals surface area contributed by atoms with Crippen LogP contribution in [0.1, 0.15) is 11.4 Å². The van der Waals surface area contributed by atoms with Crippen LogP contribution in [0.25, 0.3) is 0 Å². The van der Waals surface area contributed by atoms with Crippen molar-refractivity contribution < 1.29 is 4.74 Å². The predicted molar refractivity (Wildman–Crippen MR) is 75.1 cm³/mol. The SMILES string of the molecule is COc1ccccc1CCNc1ccnc(CN)n1. The second kappa shape index (κ2) is 6.70. The Kier molecular flexibility index (Phi) is 4.69. The fourth-order valence-corrected chi connectivity index (χ4v) is 1.83. The maximum absolute atomic E-state index is 5.51. The molecule has 0 atom stereocenters. The summed E-state index contributed by atoms with van der Waals surface area (Å²) in [5, 5.41) is 3.26. The first-order valence-corrected chi connectivity index (χ1v) is 6.21. The molecule has 0 unspecified atom stereocenters. The van der Waals surface area contributed by atoms with Gasteiger partial charge in [0.25, 0.3) is 0 Å². The van der Waals surface area contributed by atoms with Gasteiger partial charge in [-0.05, 0) is 24.1 Å². The topological polar surface area (TPSA) is 73.1 Å². The van der Waals surface area contributed by atoms with Crippen LogP contribution in [0, 0.1) is 0 Å². The molecule has 1 aromatic carbocycles. The summed E-state index contributed by atoms with van der Waals surface area (Å²) in [6.45, 7) is 1.13. The van der Waals surface area contributed by atoms with Gasteiger partial charge in [0.2, 0.25) is 0 Å². The highest BCUT2D eigenvalue weighted by Gasteiger charge is 2.02. The van der Waals surface area contributed by atoms with Crippen LogP contribution in [0.2, 0.25) is 0 Å². The van der Waals surface area contributed by atoms with Crippen LogP contribution in [0.3, 0.4) is 0 Å². The predicted octanol–water partition coefficient (Wildman–Crippen LogP) is 1.60. The van der Waals surface area contributed by atoms with Crippen molar-refractivity contribution in [2.24, 2.45) is 5.73 Å². The summed E-state index contributed by atoms with van der Waals surface area (Å²) in [7, 11) is 1.68. The highest BCUT2D eigenvalue weighted by Crippen LogP contribution is 2.17. The molecule has 19 heavy (non-hydrogen) atoms. The Labute approximate surface area is 112 Å². The summed E-state index contributed by atoms with van der Waals surface area (Å²) in [4.78, 5) is 8.34. The van der Waals surface area contributed by atoms with Gasteiger partial charge in [0.05, 0.1) is 13.7 Å². The van der Waals surface area contributed by atoms with Gasteiger partial charge in [0, 0.05) is 12.7 Å². The molecule has 100 valence electrons. The molecule has 1 heterocycles. The number of hydrogen-bond acceptors (Lipinski definition) is 5. The fourth-order valence-electron chi connectivity index (χ4n) is 1.83. The van der Waals surface area contributed by atoms with Gasteiger partial charge in [-0.2, -0.15) is 0 Å². The Morgan fingerprint density at radius 3 is 2.89 bits per heavy atom. The second-order valence-electron chi connectivity index (χ2n) is 4.05. The van der Waals surface area contributed by atoms with E-state index in [1.54, 1.807) is 13.3 Å². The van der Waals surface area contributed by atoms with Crippen molar-refractivity contribution in [3.8, 4) is 5.75 Å². The van der Waals surface area contributed by atoms with E-state index in [-0.39, 0.29) is 0 Å². The molecule has 0 saturated heterocycles. The Hall–Kier alpha value is -2.14. The first kappa shape index (κ1) is 13.3. The minimum atomic E-state index is 0.349. The second-order valence-corrected chi connectivity index (χ2v) is 4.05. The van der Waals surface area contributed by atoms with Crippen molar-refractivity contribution in [2.45, 2.75) is 13.0 Å². The van der Waals surface area contributed by atoms with Gasteiger partial charge in [0.1, 0.15) is 17.4 Å². The molecule has 0 amide bonds. The minimum absolute atomic E-state index is 0.349. The molecule has 0 radical (unpaired) electrons. The smallest absolute Gasteiger partial charge is 0.144 e. The Bertz CT molecular complexity index is 530. The van der Waals surface area contributed by atoms with E-state index in [2.05, 4.69) is 21.4 Å². The summed E-state index contributed by atoms with van der Waals surface area (Å²) < 4.78 is 5.31. The number of methoxy groups -OCH3 is 1. The van der Waals surface area contributed by atoms with Crippen molar-refractivity contribution >= 4 is 5.82 Å². The van der Waals surface area contributed by atoms with Gasteiger partial charge in [-0.15, -0.1) is 0 Å². The number of nitrogens with one attached hydrogen (secondary N) is 1. The van der Waals surface area contributed by atoms with E-state index in [4.69, 9.17) is 10.5 Å². The van der Waals surface area contributed by atoms with Gasteiger partial charge in [-0.3, -0.25) is 0 Å². The standard InChI is InChI=1S/C14H18N4O/c1-19-12-5-3-2-4-11(12)6-8-16-13-7-9-17-14(10-15)18-13/h2-5,7,9H,6,8,10,15H2,1H3,(H,16,17,18). The molecule has 0 bridgehead atoms. The molecular formula is C14H18N4O. The highest BCUT2D eigenvalue weighted by atomic mass is 16.5. The lowest BCUT2D eigenvalue weighted by Gasteiger charge is -2.09. The number of nitrogens with two attached hydrogens (primary N) is 1. The lowest BCUT2D eigenvalue weighted by molar-refractivity contribution is 0.410. The average Bonchev–Trinajstić information content (AvgIpc) is 2.48. The molecule has 3 N–H and O–H groups in total. The summed E-state index contributed by atoms with van der Waals surface area (Å²) in [6, 6.07) is 9.84. The molecule has 1 aromatic heterocycles. The van der Waals surface area contributed by atoms with Crippen LogP contribution >= 0.6 is 0 Å². The maximum atomic E-state index is 5.51. The summed E-state index contributed by atoms with van der Waals surface area (Å²) in [6.07, 6.45) is 2.58. The number of ether oxygens (including phenoxy) is 1. The van der Waals surface area contributed by atoms with Crippen molar-refractivity contribution in [1.29, 1.82) is 0 Å². The van der Waals surface area contributed by atoms with Crippen LogP contribution < -0.4 is 15.8 Å².